The van der Waals surface area contributed by atoms with Crippen LogP contribution in [0.5, 0.6) is 11.5 Å². The van der Waals surface area contributed by atoms with Gasteiger partial charge in [-0.25, -0.2) is 4.98 Å². The van der Waals surface area contributed by atoms with E-state index in [0.29, 0.717) is 11.5 Å². The molecule has 0 aliphatic carbocycles. The van der Waals surface area contributed by atoms with Gasteiger partial charge in [0, 0.05) is 92.6 Å². The fraction of sp³-hybridized carbons (Fsp3) is 0.289. The molecule has 8 aromatic carbocycles. The van der Waals surface area contributed by atoms with Crippen molar-refractivity contribution in [3.8, 4) is 39.6 Å². The summed E-state index contributed by atoms with van der Waals surface area (Å²) in [4.78, 5) is 9.77. The summed E-state index contributed by atoms with van der Waals surface area (Å²) in [7, 11) is 0. The minimum absolute atomic E-state index is 0. The molecule has 7 heteroatoms. The molecule has 426 valence electrons. The van der Waals surface area contributed by atoms with Crippen molar-refractivity contribution in [2.45, 2.75) is 144 Å². The molecule has 11 aromatic rings. The van der Waals surface area contributed by atoms with E-state index >= 15 is 0 Å². The number of hydrogen-bond acceptors (Lipinski definition) is 5. The molecule has 1 aliphatic rings. The van der Waals surface area contributed by atoms with E-state index in [9.17, 15) is 0 Å². The van der Waals surface area contributed by atoms with Crippen LogP contribution >= 0.6 is 11.3 Å². The number of ether oxygens (including phenoxy) is 1. The van der Waals surface area contributed by atoms with Gasteiger partial charge >= 0.3 is 0 Å². The maximum absolute atomic E-state index is 6.93. The molecule has 0 unspecified atom stereocenters. The van der Waals surface area contributed by atoms with E-state index in [1.54, 1.807) is 0 Å². The number of fused-ring (bicyclic) bond motifs is 8. The molecule has 1 aliphatic heterocycles. The molecule has 3 aromatic heterocycles. The summed E-state index contributed by atoms with van der Waals surface area (Å²) in [6.45, 7) is 37.1. The molecular weight excluding hydrogens is 1210 g/mol. The molecule has 0 amide bonds. The Labute approximate surface area is 511 Å². The average molecular weight is 1290 g/mol. The summed E-state index contributed by atoms with van der Waals surface area (Å²) >= 11 is 1.85. The third kappa shape index (κ3) is 10.5. The van der Waals surface area contributed by atoms with Crippen LogP contribution in [-0.2, 0) is 48.1 Å². The van der Waals surface area contributed by atoms with Gasteiger partial charge in [0.2, 0.25) is 0 Å². The van der Waals surface area contributed by atoms with Gasteiger partial charge in [0.1, 0.15) is 5.82 Å². The van der Waals surface area contributed by atoms with Gasteiger partial charge in [-0.3, -0.25) is 0 Å². The Kier molecular flexibility index (Phi) is 14.8. The van der Waals surface area contributed by atoms with Crippen LogP contribution in [-0.4, -0.2) is 9.55 Å². The second-order valence-electron chi connectivity index (χ2n) is 27.2. The molecule has 0 saturated carbocycles. The van der Waals surface area contributed by atoms with Gasteiger partial charge < -0.3 is 19.1 Å². The standard InChI is InChI=1S/C76H77N4OS.Pt/c1-16-76(15,17-2)50-36-37-77-68(44-50)80-65-35-34-61-60-26-18-21-31-67(60)82-71(61)69(65)62-33-32-57(46-66(62)80)81-56-25-22-24-55(45-56)78-47-79(64-30-20-19-29-63(64)78)70-58(48-38-51(72(3,4)5)42-52(39-48)73(6,7)8)27-23-28-59(70)49-40-53(74(9,10)11)43-54(41-49)75(12,13)14;/h18-44,47H,16-17H2,1-15H3;/q-3;. The van der Waals surface area contributed by atoms with Crippen molar-refractivity contribution in [3.63, 3.8) is 0 Å². The Morgan fingerprint density at radius 2 is 1.05 bits per heavy atom. The Balaban J connectivity index is 0.00000721. The minimum Gasteiger partial charge on any atom is -0.509 e. The van der Waals surface area contributed by atoms with Crippen LogP contribution in [0, 0.1) is 18.8 Å². The fourth-order valence-corrected chi connectivity index (χ4v) is 13.1. The molecule has 0 radical (unpaired) electrons. The van der Waals surface area contributed by atoms with Gasteiger partial charge in [-0.05, 0) is 121 Å². The number of thiophene rings is 1. The fourth-order valence-electron chi connectivity index (χ4n) is 11.9. The van der Waals surface area contributed by atoms with E-state index in [2.05, 4.69) is 289 Å². The maximum Gasteiger partial charge on any atom is 0.135 e. The first kappa shape index (κ1) is 57.8. The number of anilines is 4. The van der Waals surface area contributed by atoms with Crippen LogP contribution in [0.2, 0.25) is 0 Å². The molecule has 0 bridgehead atoms. The number of para-hydroxylation sites is 3. The average Bonchev–Trinajstić information content (AvgIpc) is 4.20. The summed E-state index contributed by atoms with van der Waals surface area (Å²) < 4.78 is 11.8. The molecule has 0 spiro atoms. The number of hydrogen-bond donors (Lipinski definition) is 0. The second-order valence-corrected chi connectivity index (χ2v) is 28.2. The summed E-state index contributed by atoms with van der Waals surface area (Å²) in [5.41, 5.74) is 17.2. The Hall–Kier alpha value is -6.98. The molecule has 4 heterocycles. The van der Waals surface area contributed by atoms with Crippen LogP contribution in [0.1, 0.15) is 145 Å². The van der Waals surface area contributed by atoms with Crippen molar-refractivity contribution in [2.75, 3.05) is 9.80 Å². The van der Waals surface area contributed by atoms with Crippen molar-refractivity contribution in [1.29, 1.82) is 0 Å². The van der Waals surface area contributed by atoms with E-state index in [1.807, 2.05) is 23.6 Å². The van der Waals surface area contributed by atoms with Crippen molar-refractivity contribution in [3.05, 3.63) is 211 Å². The van der Waals surface area contributed by atoms with Crippen LogP contribution in [0.15, 0.2) is 164 Å². The van der Waals surface area contributed by atoms with E-state index in [1.165, 1.54) is 75.6 Å². The largest absolute Gasteiger partial charge is 0.509 e. The molecule has 0 saturated heterocycles. The first-order valence-electron chi connectivity index (χ1n) is 29.4. The molecule has 0 atom stereocenters. The number of aromatic nitrogens is 2. The minimum atomic E-state index is -0.0641. The van der Waals surface area contributed by atoms with Crippen molar-refractivity contribution < 1.29 is 25.8 Å². The third-order valence-electron chi connectivity index (χ3n) is 17.5. The first-order valence-corrected chi connectivity index (χ1v) is 30.2. The summed E-state index contributed by atoms with van der Waals surface area (Å²) in [5.74, 6) is 2.07. The molecule has 12 rings (SSSR count). The second kappa shape index (κ2) is 21.3. The SMILES string of the molecule is CCC(C)(CC)c1ccnc(-n2c3[c-]c(Oc4[c-]c(N5[CH-]N(c6c(-c7cc(C(C)(C)C)cc(C(C)(C)C)c7)cccc6-c6cc(C(C)(C)C)cc(C(C)(C)C)c6)c6ccccc65)ccc4)ccc3c3c4sc5ccccc5c4ccc32)c1.[Pt]. The summed E-state index contributed by atoms with van der Waals surface area (Å²) in [6, 6.07) is 66.0. The normalized spacial score (nSPS) is 13.4. The van der Waals surface area contributed by atoms with E-state index < -0.39 is 0 Å². The van der Waals surface area contributed by atoms with Gasteiger partial charge in [0.05, 0.1) is 0 Å². The zero-order chi connectivity index (χ0) is 57.8. The zero-order valence-corrected chi connectivity index (χ0v) is 54.1. The predicted molar refractivity (Wildman–Crippen MR) is 351 cm³/mol. The molecule has 83 heavy (non-hydrogen) atoms. The van der Waals surface area contributed by atoms with Crippen LogP contribution in [0.4, 0.5) is 22.7 Å². The van der Waals surface area contributed by atoms with Gasteiger partial charge in [-0.1, -0.05) is 200 Å². The summed E-state index contributed by atoms with van der Waals surface area (Å²) in [6.07, 6.45) is 4.04. The smallest absolute Gasteiger partial charge is 0.135 e. The number of pyridine rings is 1. The van der Waals surface area contributed by atoms with Crippen molar-refractivity contribution >= 4 is 76.1 Å². The third-order valence-corrected chi connectivity index (χ3v) is 18.7. The Morgan fingerprint density at radius 1 is 0.506 bits per heavy atom. The summed E-state index contributed by atoms with van der Waals surface area (Å²) in [5, 5.41) is 4.85. The van der Waals surface area contributed by atoms with Crippen LogP contribution < -0.4 is 14.5 Å². The quantitative estimate of drug-likeness (QED) is 0.128. The topological polar surface area (TPSA) is 33.5 Å². The monoisotopic (exact) mass is 1290 g/mol. The van der Waals surface area contributed by atoms with Gasteiger partial charge in [-0.2, -0.15) is 12.1 Å². The van der Waals surface area contributed by atoms with Crippen LogP contribution in [0.3, 0.4) is 0 Å². The van der Waals surface area contributed by atoms with Gasteiger partial charge in [0.15, 0.2) is 0 Å². The number of rotatable bonds is 10. The molecule has 0 N–H and O–H groups in total. The number of nitrogens with zero attached hydrogens (tertiary/aromatic N) is 4. The van der Waals surface area contributed by atoms with Gasteiger partial charge in [-0.15, -0.1) is 59.4 Å². The van der Waals surface area contributed by atoms with E-state index in [-0.39, 0.29) is 48.1 Å². The van der Waals surface area contributed by atoms with Crippen molar-refractivity contribution in [2.24, 2.45) is 0 Å². The molecule has 5 nitrogen and oxygen atoms in total. The van der Waals surface area contributed by atoms with Gasteiger partial charge in [0.25, 0.3) is 0 Å². The maximum atomic E-state index is 6.93. The van der Waals surface area contributed by atoms with E-state index in [0.717, 1.165) is 57.8 Å². The van der Waals surface area contributed by atoms with E-state index in [4.69, 9.17) is 9.72 Å². The van der Waals surface area contributed by atoms with Crippen LogP contribution in [0.25, 0.3) is 70.0 Å². The number of benzene rings is 8. The predicted octanol–water partition coefficient (Wildman–Crippen LogP) is 21.9. The Bertz CT molecular complexity index is 4120. The molecular formula is C76H77N4OPtS-3. The Morgan fingerprint density at radius 3 is 1.64 bits per heavy atom. The van der Waals surface area contributed by atoms with Crippen molar-refractivity contribution in [1.82, 2.24) is 9.55 Å². The first-order chi connectivity index (χ1) is 38.9. The zero-order valence-electron chi connectivity index (χ0n) is 51.0. The molecule has 0 fully saturated rings.